The van der Waals surface area contributed by atoms with E-state index in [-0.39, 0.29) is 0 Å². The summed E-state index contributed by atoms with van der Waals surface area (Å²) in [6, 6.07) is 17.8. The van der Waals surface area contributed by atoms with Crippen LogP contribution in [0.1, 0.15) is 11.3 Å². The molecule has 0 amide bonds. The lowest BCUT2D eigenvalue weighted by Gasteiger charge is -2.12. The van der Waals surface area contributed by atoms with Gasteiger partial charge in [-0.15, -0.1) is 11.6 Å². The van der Waals surface area contributed by atoms with E-state index in [0.717, 1.165) is 33.7 Å². The van der Waals surface area contributed by atoms with Crippen LogP contribution >= 0.6 is 11.6 Å². The highest BCUT2D eigenvalue weighted by Crippen LogP contribution is 2.31. The van der Waals surface area contributed by atoms with E-state index in [4.69, 9.17) is 16.3 Å². The summed E-state index contributed by atoms with van der Waals surface area (Å²) in [5.74, 6) is 2.01. The van der Waals surface area contributed by atoms with Gasteiger partial charge in [0.25, 0.3) is 0 Å². The third-order valence-corrected chi connectivity index (χ3v) is 3.46. The number of para-hydroxylation sites is 2. The normalized spacial score (nSPS) is 10.7. The molecule has 0 aliphatic heterocycles. The molecular weight excluding hydrogens is 270 g/mol. The topological polar surface area (TPSA) is 22.1 Å². The molecule has 0 aliphatic rings. The molecule has 20 heavy (non-hydrogen) atoms. The van der Waals surface area contributed by atoms with E-state index in [0.29, 0.717) is 5.88 Å². The third kappa shape index (κ3) is 2.47. The van der Waals surface area contributed by atoms with Crippen LogP contribution in [0.5, 0.6) is 11.5 Å². The van der Waals surface area contributed by atoms with Crippen LogP contribution in [0.3, 0.4) is 0 Å². The van der Waals surface area contributed by atoms with Crippen molar-refractivity contribution < 1.29 is 4.74 Å². The number of ether oxygens (including phenoxy) is 1. The first-order chi connectivity index (χ1) is 9.78. The van der Waals surface area contributed by atoms with Crippen LogP contribution in [-0.4, -0.2) is 4.98 Å². The van der Waals surface area contributed by atoms with E-state index in [1.807, 2.05) is 61.5 Å². The minimum absolute atomic E-state index is 0.370. The highest BCUT2D eigenvalue weighted by Gasteiger charge is 2.08. The second-order valence-electron chi connectivity index (χ2n) is 4.63. The largest absolute Gasteiger partial charge is 0.456 e. The molecule has 0 spiro atoms. The number of aromatic nitrogens is 1. The lowest BCUT2D eigenvalue weighted by Crippen LogP contribution is -1.93. The number of benzene rings is 2. The zero-order valence-corrected chi connectivity index (χ0v) is 11.9. The van der Waals surface area contributed by atoms with Gasteiger partial charge in [-0.2, -0.15) is 0 Å². The van der Waals surface area contributed by atoms with Gasteiger partial charge in [0.05, 0.1) is 17.1 Å². The third-order valence-electron chi connectivity index (χ3n) is 3.18. The molecule has 2 nitrogen and oxygen atoms in total. The summed E-state index contributed by atoms with van der Waals surface area (Å²) in [6.07, 6.45) is 0. The standard InChI is InChI=1S/C17H14ClNO/c1-12-6-2-5-9-16(12)20-17-10-13(11-18)19-15-8-4-3-7-14(15)17/h2-10H,11H2,1H3. The number of alkyl halides is 1. The van der Waals surface area contributed by atoms with Gasteiger partial charge in [-0.3, -0.25) is 4.98 Å². The van der Waals surface area contributed by atoms with Gasteiger partial charge in [0, 0.05) is 11.5 Å². The van der Waals surface area contributed by atoms with Crippen molar-refractivity contribution in [3.63, 3.8) is 0 Å². The van der Waals surface area contributed by atoms with Crippen molar-refractivity contribution in [3.8, 4) is 11.5 Å². The molecule has 0 bridgehead atoms. The maximum Gasteiger partial charge on any atom is 0.138 e. The van der Waals surface area contributed by atoms with Crippen molar-refractivity contribution in [2.45, 2.75) is 12.8 Å². The van der Waals surface area contributed by atoms with Crippen LogP contribution in [0.15, 0.2) is 54.6 Å². The van der Waals surface area contributed by atoms with Crippen molar-refractivity contribution in [3.05, 3.63) is 65.9 Å². The summed E-state index contributed by atoms with van der Waals surface area (Å²) >= 11 is 5.92. The Morgan fingerprint density at radius 3 is 2.55 bits per heavy atom. The molecule has 3 aromatic rings. The number of hydrogen-bond acceptors (Lipinski definition) is 2. The second-order valence-corrected chi connectivity index (χ2v) is 4.90. The number of aryl methyl sites for hydroxylation is 1. The Morgan fingerprint density at radius 1 is 1.00 bits per heavy atom. The maximum absolute atomic E-state index is 6.07. The van der Waals surface area contributed by atoms with Gasteiger partial charge in [0.1, 0.15) is 11.5 Å². The van der Waals surface area contributed by atoms with E-state index in [9.17, 15) is 0 Å². The molecule has 0 fully saturated rings. The van der Waals surface area contributed by atoms with E-state index in [1.165, 1.54) is 0 Å². The number of fused-ring (bicyclic) bond motifs is 1. The van der Waals surface area contributed by atoms with Gasteiger partial charge < -0.3 is 4.74 Å². The summed E-state index contributed by atoms with van der Waals surface area (Å²) in [7, 11) is 0. The molecule has 0 N–H and O–H groups in total. The summed E-state index contributed by atoms with van der Waals surface area (Å²) in [6.45, 7) is 2.03. The van der Waals surface area contributed by atoms with Crippen LogP contribution in [0.4, 0.5) is 0 Å². The van der Waals surface area contributed by atoms with Gasteiger partial charge >= 0.3 is 0 Å². The molecule has 2 aromatic carbocycles. The summed E-state index contributed by atoms with van der Waals surface area (Å²) in [5, 5.41) is 0.990. The predicted molar refractivity (Wildman–Crippen MR) is 82.6 cm³/mol. The molecule has 1 heterocycles. The molecular formula is C17H14ClNO. The lowest BCUT2D eigenvalue weighted by atomic mass is 10.1. The Hall–Kier alpha value is -2.06. The smallest absolute Gasteiger partial charge is 0.138 e. The summed E-state index contributed by atoms with van der Waals surface area (Å²) in [4.78, 5) is 4.51. The van der Waals surface area contributed by atoms with E-state index < -0.39 is 0 Å². The Labute approximate surface area is 123 Å². The van der Waals surface area contributed by atoms with Gasteiger partial charge in [-0.25, -0.2) is 0 Å². The monoisotopic (exact) mass is 283 g/mol. The van der Waals surface area contributed by atoms with E-state index in [2.05, 4.69) is 4.98 Å². The molecule has 3 heteroatoms. The maximum atomic E-state index is 6.07. The van der Waals surface area contributed by atoms with Crippen molar-refractivity contribution >= 4 is 22.5 Å². The fourth-order valence-corrected chi connectivity index (χ4v) is 2.27. The van der Waals surface area contributed by atoms with Crippen LogP contribution in [0.2, 0.25) is 0 Å². The van der Waals surface area contributed by atoms with E-state index in [1.54, 1.807) is 0 Å². The first-order valence-electron chi connectivity index (χ1n) is 6.46. The highest BCUT2D eigenvalue weighted by molar-refractivity contribution is 6.17. The zero-order valence-electron chi connectivity index (χ0n) is 11.1. The first kappa shape index (κ1) is 12.9. The molecule has 3 rings (SSSR count). The summed E-state index contributed by atoms with van der Waals surface area (Å²) in [5.41, 5.74) is 2.81. The molecule has 100 valence electrons. The van der Waals surface area contributed by atoms with Gasteiger partial charge in [-0.05, 0) is 30.7 Å². The number of halogens is 1. The molecule has 0 aliphatic carbocycles. The Kier molecular flexibility index (Phi) is 3.57. The van der Waals surface area contributed by atoms with Crippen LogP contribution in [-0.2, 0) is 5.88 Å². The molecule has 0 unspecified atom stereocenters. The zero-order chi connectivity index (χ0) is 13.9. The lowest BCUT2D eigenvalue weighted by molar-refractivity contribution is 0.483. The fraction of sp³-hybridized carbons (Fsp3) is 0.118. The molecule has 0 saturated carbocycles. The van der Waals surface area contributed by atoms with Crippen molar-refractivity contribution in [2.24, 2.45) is 0 Å². The van der Waals surface area contributed by atoms with Gasteiger partial charge in [0.2, 0.25) is 0 Å². The predicted octanol–water partition coefficient (Wildman–Crippen LogP) is 5.07. The quantitative estimate of drug-likeness (QED) is 0.626. The Morgan fingerprint density at radius 2 is 1.75 bits per heavy atom. The molecule has 0 radical (unpaired) electrons. The minimum atomic E-state index is 0.370. The van der Waals surface area contributed by atoms with Gasteiger partial charge in [0.15, 0.2) is 0 Å². The first-order valence-corrected chi connectivity index (χ1v) is 6.99. The Bertz CT molecular complexity index is 755. The number of rotatable bonds is 3. The number of nitrogens with zero attached hydrogens (tertiary/aromatic N) is 1. The van der Waals surface area contributed by atoms with Crippen LogP contribution in [0.25, 0.3) is 10.9 Å². The fourth-order valence-electron chi connectivity index (χ4n) is 2.14. The number of pyridine rings is 1. The highest BCUT2D eigenvalue weighted by atomic mass is 35.5. The average Bonchev–Trinajstić information content (AvgIpc) is 2.49. The SMILES string of the molecule is Cc1ccccc1Oc1cc(CCl)nc2ccccc12. The number of hydrogen-bond donors (Lipinski definition) is 0. The minimum Gasteiger partial charge on any atom is -0.456 e. The Balaban J connectivity index is 2.13. The average molecular weight is 284 g/mol. The molecule has 0 atom stereocenters. The van der Waals surface area contributed by atoms with Crippen molar-refractivity contribution in [1.82, 2.24) is 4.98 Å². The van der Waals surface area contributed by atoms with Crippen LogP contribution < -0.4 is 4.74 Å². The molecule has 0 saturated heterocycles. The van der Waals surface area contributed by atoms with Crippen LogP contribution in [0, 0.1) is 6.92 Å². The van der Waals surface area contributed by atoms with Crippen molar-refractivity contribution in [1.29, 1.82) is 0 Å². The summed E-state index contributed by atoms with van der Waals surface area (Å²) < 4.78 is 6.07. The van der Waals surface area contributed by atoms with Crippen molar-refractivity contribution in [2.75, 3.05) is 0 Å². The molecule has 1 aromatic heterocycles. The van der Waals surface area contributed by atoms with E-state index >= 15 is 0 Å². The van der Waals surface area contributed by atoms with Gasteiger partial charge in [-0.1, -0.05) is 30.3 Å². The second kappa shape index (κ2) is 5.51.